The van der Waals surface area contributed by atoms with E-state index in [1.54, 1.807) is 12.4 Å². The first kappa shape index (κ1) is 13.9. The van der Waals surface area contributed by atoms with Gasteiger partial charge in [0.1, 0.15) is 0 Å². The third-order valence-electron chi connectivity index (χ3n) is 5.16. The van der Waals surface area contributed by atoms with Gasteiger partial charge in [0.15, 0.2) is 0 Å². The van der Waals surface area contributed by atoms with Crippen LogP contribution in [0.25, 0.3) is 0 Å². The van der Waals surface area contributed by atoms with Crippen LogP contribution in [0.4, 0.5) is 5.95 Å². The van der Waals surface area contributed by atoms with E-state index in [0.29, 0.717) is 24.3 Å². The van der Waals surface area contributed by atoms with Crippen LogP contribution in [0.5, 0.6) is 0 Å². The Kier molecular flexibility index (Phi) is 3.70. The standard InChI is InChI=1S/C16H22N4O2/c21-15(19-7-1-2-8-19)13-10-20(16-17-5-3-6-18-16)11-14-12(13)4-9-22-14/h3,5-6,12-14H,1-2,4,7-11H2/t12-,13-,14+/m1/s1. The van der Waals surface area contributed by atoms with Crippen molar-refractivity contribution >= 4 is 11.9 Å². The van der Waals surface area contributed by atoms with Gasteiger partial charge in [-0.1, -0.05) is 0 Å². The molecule has 6 nitrogen and oxygen atoms in total. The molecule has 4 heterocycles. The number of hydrogen-bond donors (Lipinski definition) is 0. The van der Waals surface area contributed by atoms with Crippen LogP contribution < -0.4 is 4.90 Å². The number of amides is 1. The molecule has 0 spiro atoms. The summed E-state index contributed by atoms with van der Waals surface area (Å²) in [6.45, 7) is 4.09. The maximum Gasteiger partial charge on any atom is 0.227 e. The molecular weight excluding hydrogens is 280 g/mol. The minimum atomic E-state index is 0.0168. The molecule has 6 heteroatoms. The second-order valence-corrected chi connectivity index (χ2v) is 6.45. The van der Waals surface area contributed by atoms with Crippen LogP contribution in [0, 0.1) is 11.8 Å². The van der Waals surface area contributed by atoms with Crippen molar-refractivity contribution in [2.24, 2.45) is 11.8 Å². The number of aromatic nitrogens is 2. The summed E-state index contributed by atoms with van der Waals surface area (Å²) in [6.07, 6.45) is 6.90. The van der Waals surface area contributed by atoms with E-state index in [1.807, 2.05) is 11.0 Å². The summed E-state index contributed by atoms with van der Waals surface area (Å²) >= 11 is 0. The Hall–Kier alpha value is -1.69. The highest BCUT2D eigenvalue weighted by Crippen LogP contribution is 2.36. The van der Waals surface area contributed by atoms with Crippen LogP contribution in [0.2, 0.25) is 0 Å². The number of fused-ring (bicyclic) bond motifs is 1. The third kappa shape index (κ3) is 2.45. The Morgan fingerprint density at radius 1 is 1.18 bits per heavy atom. The summed E-state index contributed by atoms with van der Waals surface area (Å²) in [6, 6.07) is 1.81. The van der Waals surface area contributed by atoms with Crippen molar-refractivity contribution in [3.63, 3.8) is 0 Å². The number of hydrogen-bond acceptors (Lipinski definition) is 5. The Labute approximate surface area is 130 Å². The van der Waals surface area contributed by atoms with Crippen LogP contribution in [0.1, 0.15) is 19.3 Å². The number of carbonyl (C=O) groups excluding carboxylic acids is 1. The Balaban J connectivity index is 1.57. The molecule has 3 atom stereocenters. The van der Waals surface area contributed by atoms with Crippen molar-refractivity contribution in [2.75, 3.05) is 37.7 Å². The van der Waals surface area contributed by atoms with Gasteiger partial charge in [0, 0.05) is 51.1 Å². The molecule has 3 fully saturated rings. The maximum atomic E-state index is 12.9. The van der Waals surface area contributed by atoms with Crippen LogP contribution in [-0.2, 0) is 9.53 Å². The van der Waals surface area contributed by atoms with E-state index in [0.717, 1.165) is 45.5 Å². The summed E-state index contributed by atoms with van der Waals surface area (Å²) in [5.41, 5.74) is 0. The SMILES string of the molecule is O=C([C@@H]1CN(c2ncccn2)C[C@@H]2OCC[C@@H]21)N1CCCC1. The molecule has 4 rings (SSSR count). The van der Waals surface area contributed by atoms with E-state index < -0.39 is 0 Å². The number of nitrogens with zero attached hydrogens (tertiary/aromatic N) is 4. The molecule has 1 aromatic heterocycles. The second-order valence-electron chi connectivity index (χ2n) is 6.45. The largest absolute Gasteiger partial charge is 0.376 e. The highest BCUT2D eigenvalue weighted by Gasteiger charge is 2.45. The summed E-state index contributed by atoms with van der Waals surface area (Å²) in [5, 5.41) is 0. The summed E-state index contributed by atoms with van der Waals surface area (Å²) < 4.78 is 5.88. The van der Waals surface area contributed by atoms with Crippen molar-refractivity contribution in [3.8, 4) is 0 Å². The molecule has 3 aliphatic rings. The molecule has 0 aliphatic carbocycles. The van der Waals surface area contributed by atoms with Gasteiger partial charge in [0.05, 0.1) is 12.0 Å². The molecule has 118 valence electrons. The number of anilines is 1. The fourth-order valence-corrected chi connectivity index (χ4v) is 4.03. The van der Waals surface area contributed by atoms with Crippen molar-refractivity contribution in [2.45, 2.75) is 25.4 Å². The zero-order chi connectivity index (χ0) is 14.9. The predicted molar refractivity (Wildman–Crippen MR) is 81.4 cm³/mol. The fraction of sp³-hybridized carbons (Fsp3) is 0.688. The van der Waals surface area contributed by atoms with Crippen molar-refractivity contribution in [3.05, 3.63) is 18.5 Å². The van der Waals surface area contributed by atoms with E-state index >= 15 is 0 Å². The van der Waals surface area contributed by atoms with Gasteiger partial charge in [-0.3, -0.25) is 4.79 Å². The van der Waals surface area contributed by atoms with Crippen molar-refractivity contribution in [1.82, 2.24) is 14.9 Å². The average Bonchev–Trinajstić information content (AvgIpc) is 3.25. The predicted octanol–water partition coefficient (Wildman–Crippen LogP) is 0.940. The lowest BCUT2D eigenvalue weighted by Crippen LogP contribution is -2.53. The average molecular weight is 302 g/mol. The molecular formula is C16H22N4O2. The van der Waals surface area contributed by atoms with E-state index in [9.17, 15) is 4.79 Å². The molecule has 3 saturated heterocycles. The quantitative estimate of drug-likeness (QED) is 0.814. The molecule has 0 radical (unpaired) electrons. The molecule has 3 aliphatic heterocycles. The van der Waals surface area contributed by atoms with Gasteiger partial charge in [-0.05, 0) is 25.3 Å². The van der Waals surface area contributed by atoms with Gasteiger partial charge in [-0.15, -0.1) is 0 Å². The monoisotopic (exact) mass is 302 g/mol. The van der Waals surface area contributed by atoms with Crippen LogP contribution in [-0.4, -0.2) is 59.7 Å². The van der Waals surface area contributed by atoms with Gasteiger partial charge in [0.25, 0.3) is 0 Å². The molecule has 0 aromatic carbocycles. The summed E-state index contributed by atoms with van der Waals surface area (Å²) in [5.74, 6) is 1.38. The lowest BCUT2D eigenvalue weighted by atomic mass is 9.82. The molecule has 0 saturated carbocycles. The lowest BCUT2D eigenvalue weighted by molar-refractivity contribution is -0.137. The van der Waals surface area contributed by atoms with E-state index in [2.05, 4.69) is 14.9 Å². The first-order chi connectivity index (χ1) is 10.8. The van der Waals surface area contributed by atoms with Gasteiger partial charge in [0.2, 0.25) is 11.9 Å². The van der Waals surface area contributed by atoms with Crippen LogP contribution in [0.3, 0.4) is 0 Å². The fourth-order valence-electron chi connectivity index (χ4n) is 4.03. The van der Waals surface area contributed by atoms with Gasteiger partial charge < -0.3 is 14.5 Å². The number of rotatable bonds is 2. The zero-order valence-electron chi connectivity index (χ0n) is 12.7. The molecule has 1 aromatic rings. The Morgan fingerprint density at radius 2 is 1.95 bits per heavy atom. The first-order valence-electron chi connectivity index (χ1n) is 8.25. The third-order valence-corrected chi connectivity index (χ3v) is 5.16. The minimum Gasteiger partial charge on any atom is -0.376 e. The van der Waals surface area contributed by atoms with E-state index in [-0.39, 0.29) is 12.0 Å². The molecule has 22 heavy (non-hydrogen) atoms. The number of carbonyl (C=O) groups is 1. The number of ether oxygens (including phenoxy) is 1. The lowest BCUT2D eigenvalue weighted by Gasteiger charge is -2.40. The molecule has 0 N–H and O–H groups in total. The zero-order valence-corrected chi connectivity index (χ0v) is 12.7. The topological polar surface area (TPSA) is 58.6 Å². The number of likely N-dealkylation sites (tertiary alicyclic amines) is 1. The Bertz CT molecular complexity index is 532. The maximum absolute atomic E-state index is 12.9. The smallest absolute Gasteiger partial charge is 0.227 e. The highest BCUT2D eigenvalue weighted by atomic mass is 16.5. The highest BCUT2D eigenvalue weighted by molar-refractivity contribution is 5.80. The normalized spacial score (nSPS) is 31.4. The van der Waals surface area contributed by atoms with Gasteiger partial charge in [-0.25, -0.2) is 9.97 Å². The minimum absolute atomic E-state index is 0.0168. The van der Waals surface area contributed by atoms with E-state index in [4.69, 9.17) is 4.74 Å². The van der Waals surface area contributed by atoms with Crippen LogP contribution in [0.15, 0.2) is 18.5 Å². The van der Waals surface area contributed by atoms with E-state index in [1.165, 1.54) is 0 Å². The summed E-state index contributed by atoms with van der Waals surface area (Å²) in [7, 11) is 0. The van der Waals surface area contributed by atoms with Crippen molar-refractivity contribution in [1.29, 1.82) is 0 Å². The van der Waals surface area contributed by atoms with Gasteiger partial charge >= 0.3 is 0 Å². The molecule has 0 unspecified atom stereocenters. The van der Waals surface area contributed by atoms with Gasteiger partial charge in [-0.2, -0.15) is 0 Å². The second kappa shape index (κ2) is 5.83. The summed E-state index contributed by atoms with van der Waals surface area (Å²) in [4.78, 5) is 25.8. The first-order valence-corrected chi connectivity index (χ1v) is 8.25. The van der Waals surface area contributed by atoms with Crippen molar-refractivity contribution < 1.29 is 9.53 Å². The number of piperidine rings is 1. The molecule has 0 bridgehead atoms. The Morgan fingerprint density at radius 3 is 2.73 bits per heavy atom. The van der Waals surface area contributed by atoms with Crippen LogP contribution >= 0.6 is 0 Å². The molecule has 1 amide bonds.